The van der Waals surface area contributed by atoms with E-state index in [4.69, 9.17) is 4.74 Å². The quantitative estimate of drug-likeness (QED) is 0.860. The number of nitrogens with one attached hydrogen (secondary N) is 1. The Morgan fingerprint density at radius 2 is 2.33 bits per heavy atom. The lowest BCUT2D eigenvalue weighted by Gasteiger charge is -2.15. The van der Waals surface area contributed by atoms with Crippen LogP contribution in [0.2, 0.25) is 0 Å². The molecule has 0 spiro atoms. The number of carbonyl (C=O) groups is 1. The van der Waals surface area contributed by atoms with E-state index in [0.717, 1.165) is 0 Å². The lowest BCUT2D eigenvalue weighted by Crippen LogP contribution is -2.29. The molecule has 1 amide bonds. The van der Waals surface area contributed by atoms with Gasteiger partial charge < -0.3 is 15.2 Å². The second kappa shape index (κ2) is 6.36. The molecule has 2 heterocycles. The predicted octanol–water partition coefficient (Wildman–Crippen LogP) is 0.896. The molecular weight excluding hydrogens is 274 g/mol. The fourth-order valence-electron chi connectivity index (χ4n) is 2.23. The van der Waals surface area contributed by atoms with Gasteiger partial charge in [0.15, 0.2) is 0 Å². The van der Waals surface area contributed by atoms with Crippen molar-refractivity contribution < 1.29 is 14.6 Å². The highest BCUT2D eigenvalue weighted by molar-refractivity contribution is 5.90. The zero-order valence-electron chi connectivity index (χ0n) is 12.4. The molecule has 1 aromatic rings. The van der Waals surface area contributed by atoms with E-state index in [2.05, 4.69) is 10.3 Å². The number of aliphatic hydroxyl groups is 1. The van der Waals surface area contributed by atoms with Gasteiger partial charge in [0.05, 0.1) is 12.2 Å². The van der Waals surface area contributed by atoms with Gasteiger partial charge in [-0.3, -0.25) is 9.36 Å². The molecule has 2 rings (SSSR count). The molecule has 0 bridgehead atoms. The lowest BCUT2D eigenvalue weighted by atomic mass is 10.1. The summed E-state index contributed by atoms with van der Waals surface area (Å²) in [7, 11) is 0. The third-order valence-electron chi connectivity index (χ3n) is 3.52. The summed E-state index contributed by atoms with van der Waals surface area (Å²) in [5.41, 5.74) is -0.509. The zero-order chi connectivity index (χ0) is 15.6. The molecule has 2 N–H and O–H groups in total. The minimum absolute atomic E-state index is 0.187. The van der Waals surface area contributed by atoms with Crippen molar-refractivity contribution in [2.24, 2.45) is 5.92 Å². The number of rotatable bonds is 4. The first kappa shape index (κ1) is 15.7. The van der Waals surface area contributed by atoms with Crippen molar-refractivity contribution in [3.05, 3.63) is 22.7 Å². The van der Waals surface area contributed by atoms with Crippen molar-refractivity contribution in [3.63, 3.8) is 0 Å². The molecule has 116 valence electrons. The molecule has 7 heteroatoms. The number of hydrogen-bond donors (Lipinski definition) is 2. The van der Waals surface area contributed by atoms with E-state index >= 15 is 0 Å². The highest BCUT2D eigenvalue weighted by atomic mass is 16.5. The van der Waals surface area contributed by atoms with Gasteiger partial charge in [0.25, 0.3) is 0 Å². The van der Waals surface area contributed by atoms with E-state index in [9.17, 15) is 14.7 Å². The molecule has 1 fully saturated rings. The highest BCUT2D eigenvalue weighted by Crippen LogP contribution is 2.29. The van der Waals surface area contributed by atoms with Crippen molar-refractivity contribution in [1.29, 1.82) is 0 Å². The third-order valence-corrected chi connectivity index (χ3v) is 3.52. The van der Waals surface area contributed by atoms with E-state index in [1.54, 1.807) is 19.9 Å². The molecule has 0 aromatic carbocycles. The van der Waals surface area contributed by atoms with Crippen molar-refractivity contribution in [3.8, 4) is 0 Å². The Morgan fingerprint density at radius 1 is 1.62 bits per heavy atom. The first-order valence-corrected chi connectivity index (χ1v) is 7.16. The smallest absolute Gasteiger partial charge is 0.351 e. The van der Waals surface area contributed by atoms with Crippen LogP contribution in [0.1, 0.15) is 39.8 Å². The molecule has 7 nitrogen and oxygen atoms in total. The average molecular weight is 295 g/mol. The molecular formula is C14H21N3O4. The second-order valence-corrected chi connectivity index (χ2v) is 5.49. The number of anilines is 1. The van der Waals surface area contributed by atoms with Gasteiger partial charge in [-0.25, -0.2) is 4.79 Å². The van der Waals surface area contributed by atoms with E-state index in [1.807, 2.05) is 6.92 Å². The normalized spacial score (nSPS) is 25.3. The third kappa shape index (κ3) is 3.48. The van der Waals surface area contributed by atoms with Crippen molar-refractivity contribution in [2.75, 3.05) is 5.32 Å². The zero-order valence-corrected chi connectivity index (χ0v) is 12.4. The summed E-state index contributed by atoms with van der Waals surface area (Å²) in [6.45, 7) is 5.44. The van der Waals surface area contributed by atoms with Crippen LogP contribution < -0.4 is 11.0 Å². The monoisotopic (exact) mass is 295 g/mol. The standard InChI is InChI=1S/C14H21N3O4/c1-4-10-9(18)7-12(21-10)17-6-5-11(16-14(17)20)15-13(19)8(2)3/h5-6,8-10,12,18H,4,7H2,1-3H3,(H,15,16,19,20)/t9?,10-,12-/m1/s1. The summed E-state index contributed by atoms with van der Waals surface area (Å²) in [4.78, 5) is 27.4. The number of nitrogens with zero attached hydrogens (tertiary/aromatic N) is 2. The van der Waals surface area contributed by atoms with Crippen molar-refractivity contribution in [1.82, 2.24) is 9.55 Å². The van der Waals surface area contributed by atoms with Crippen molar-refractivity contribution in [2.45, 2.75) is 52.0 Å². The van der Waals surface area contributed by atoms with Crippen molar-refractivity contribution >= 4 is 11.7 Å². The van der Waals surface area contributed by atoms with E-state index in [1.165, 1.54) is 10.8 Å². The minimum atomic E-state index is -0.577. The van der Waals surface area contributed by atoms with E-state index in [0.29, 0.717) is 12.8 Å². The molecule has 1 saturated heterocycles. The minimum Gasteiger partial charge on any atom is -0.390 e. The van der Waals surface area contributed by atoms with Gasteiger partial charge in [-0.15, -0.1) is 0 Å². The van der Waals surface area contributed by atoms with Crippen LogP contribution in [0, 0.1) is 5.92 Å². The maximum absolute atomic E-state index is 12.0. The van der Waals surface area contributed by atoms with Gasteiger partial charge in [-0.2, -0.15) is 4.98 Å². The highest BCUT2D eigenvalue weighted by Gasteiger charge is 2.34. The molecule has 0 radical (unpaired) electrons. The Kier molecular flexibility index (Phi) is 4.74. The van der Waals surface area contributed by atoms with Gasteiger partial charge in [0.1, 0.15) is 12.0 Å². The second-order valence-electron chi connectivity index (χ2n) is 5.49. The molecule has 3 atom stereocenters. The topological polar surface area (TPSA) is 93.5 Å². The largest absolute Gasteiger partial charge is 0.390 e. The molecule has 21 heavy (non-hydrogen) atoms. The van der Waals surface area contributed by atoms with Crippen LogP contribution in [-0.2, 0) is 9.53 Å². The Balaban J connectivity index is 2.13. The van der Waals surface area contributed by atoms with Crippen LogP contribution in [0.4, 0.5) is 5.82 Å². The fraction of sp³-hybridized carbons (Fsp3) is 0.643. The number of ether oxygens (including phenoxy) is 1. The summed E-state index contributed by atoms with van der Waals surface area (Å²) in [5.74, 6) is -0.161. The molecule has 0 saturated carbocycles. The Labute approximate surface area is 123 Å². The SMILES string of the molecule is CC[C@H]1O[C@@H](n2ccc(NC(=O)C(C)C)nc2=O)CC1O. The first-order chi connectivity index (χ1) is 9.92. The van der Waals surface area contributed by atoms with Gasteiger partial charge in [0.2, 0.25) is 5.91 Å². The summed E-state index contributed by atoms with van der Waals surface area (Å²) in [6, 6.07) is 1.55. The van der Waals surface area contributed by atoms with E-state index < -0.39 is 18.0 Å². The molecule has 1 aliphatic rings. The van der Waals surface area contributed by atoms with Crippen LogP contribution in [0.5, 0.6) is 0 Å². The fourth-order valence-corrected chi connectivity index (χ4v) is 2.23. The summed E-state index contributed by atoms with van der Waals surface area (Å²) in [6.07, 6.45) is 1.22. The molecule has 0 aliphatic carbocycles. The lowest BCUT2D eigenvalue weighted by molar-refractivity contribution is -0.118. The van der Waals surface area contributed by atoms with Crippen LogP contribution in [-0.4, -0.2) is 32.8 Å². The van der Waals surface area contributed by atoms with Crippen LogP contribution >= 0.6 is 0 Å². The molecule has 1 unspecified atom stereocenters. The number of hydrogen-bond acceptors (Lipinski definition) is 5. The number of aliphatic hydroxyl groups excluding tert-OH is 1. The first-order valence-electron chi connectivity index (χ1n) is 7.16. The van der Waals surface area contributed by atoms with Crippen LogP contribution in [0.3, 0.4) is 0 Å². The number of carbonyl (C=O) groups excluding carboxylic acids is 1. The van der Waals surface area contributed by atoms with Gasteiger partial charge in [-0.05, 0) is 12.5 Å². The van der Waals surface area contributed by atoms with Gasteiger partial charge in [0, 0.05) is 18.5 Å². The van der Waals surface area contributed by atoms with Crippen LogP contribution in [0.15, 0.2) is 17.1 Å². The van der Waals surface area contributed by atoms with Crippen LogP contribution in [0.25, 0.3) is 0 Å². The number of amides is 1. The average Bonchev–Trinajstić information content (AvgIpc) is 2.79. The van der Waals surface area contributed by atoms with E-state index in [-0.39, 0.29) is 23.7 Å². The summed E-state index contributed by atoms with van der Waals surface area (Å²) < 4.78 is 6.97. The Bertz CT molecular complexity index is 570. The number of aromatic nitrogens is 2. The summed E-state index contributed by atoms with van der Waals surface area (Å²) >= 11 is 0. The Hall–Kier alpha value is -1.73. The maximum Gasteiger partial charge on any atom is 0.351 e. The maximum atomic E-state index is 12.0. The molecule has 1 aromatic heterocycles. The predicted molar refractivity (Wildman–Crippen MR) is 76.8 cm³/mol. The van der Waals surface area contributed by atoms with Gasteiger partial charge >= 0.3 is 5.69 Å². The summed E-state index contributed by atoms with van der Waals surface area (Å²) in [5, 5.41) is 12.4. The molecule has 1 aliphatic heterocycles. The van der Waals surface area contributed by atoms with Gasteiger partial charge in [-0.1, -0.05) is 20.8 Å². The Morgan fingerprint density at radius 3 is 2.86 bits per heavy atom.